The molecule has 6 nitrogen and oxygen atoms in total. The molecule has 0 saturated heterocycles. The quantitative estimate of drug-likeness (QED) is 0.846. The molecule has 0 radical (unpaired) electrons. The van der Waals surface area contributed by atoms with Gasteiger partial charge in [0.25, 0.3) is 0 Å². The minimum Gasteiger partial charge on any atom is -0.369 e. The molecular formula is C12H17ClN6. The Morgan fingerprint density at radius 1 is 1.32 bits per heavy atom. The van der Waals surface area contributed by atoms with Gasteiger partial charge in [-0.2, -0.15) is 5.10 Å². The van der Waals surface area contributed by atoms with E-state index >= 15 is 0 Å². The van der Waals surface area contributed by atoms with Gasteiger partial charge in [-0.15, -0.1) is 0 Å². The van der Waals surface area contributed by atoms with Crippen molar-refractivity contribution in [3.63, 3.8) is 0 Å². The van der Waals surface area contributed by atoms with E-state index in [9.17, 15) is 0 Å². The molecule has 0 aliphatic carbocycles. The first kappa shape index (κ1) is 13.7. The summed E-state index contributed by atoms with van der Waals surface area (Å²) in [6, 6.07) is 0. The largest absolute Gasteiger partial charge is 0.369 e. The lowest BCUT2D eigenvalue weighted by atomic mass is 10.3. The lowest BCUT2D eigenvalue weighted by molar-refractivity contribution is 0.741. The molecule has 2 aromatic rings. The summed E-state index contributed by atoms with van der Waals surface area (Å²) in [7, 11) is 1.85. The van der Waals surface area contributed by atoms with Gasteiger partial charge in [-0.3, -0.25) is 4.68 Å². The topological polar surface area (TPSA) is 68.5 Å². The van der Waals surface area contributed by atoms with Crippen LogP contribution in [0.1, 0.15) is 24.1 Å². The molecule has 2 rings (SSSR count). The van der Waals surface area contributed by atoms with Crippen LogP contribution in [0.5, 0.6) is 0 Å². The van der Waals surface area contributed by atoms with Crippen LogP contribution in [0.4, 0.5) is 5.82 Å². The zero-order chi connectivity index (χ0) is 13.8. The number of nitrogens with one attached hydrogen (secondary N) is 1. The SMILES string of the molecule is CCc1nc(Cl)c(C)c(NCCc2ncn(C)n2)n1. The number of halogens is 1. The Balaban J connectivity index is 2.01. The van der Waals surface area contributed by atoms with Crippen LogP contribution in [0, 0.1) is 6.92 Å². The Hall–Kier alpha value is -1.69. The molecule has 0 bridgehead atoms. The van der Waals surface area contributed by atoms with Gasteiger partial charge in [-0.25, -0.2) is 15.0 Å². The summed E-state index contributed by atoms with van der Waals surface area (Å²) in [6.45, 7) is 4.62. The molecule has 0 spiro atoms. The Bertz CT molecular complexity index is 565. The molecule has 0 unspecified atom stereocenters. The number of rotatable bonds is 5. The molecule has 2 aromatic heterocycles. The predicted molar refractivity (Wildman–Crippen MR) is 74.4 cm³/mol. The Kier molecular flexibility index (Phi) is 4.31. The van der Waals surface area contributed by atoms with Gasteiger partial charge in [0.05, 0.1) is 0 Å². The summed E-state index contributed by atoms with van der Waals surface area (Å²) < 4.78 is 1.69. The molecule has 0 saturated carbocycles. The van der Waals surface area contributed by atoms with Crippen molar-refractivity contribution in [2.45, 2.75) is 26.7 Å². The monoisotopic (exact) mass is 280 g/mol. The van der Waals surface area contributed by atoms with Crippen molar-refractivity contribution in [2.24, 2.45) is 7.05 Å². The van der Waals surface area contributed by atoms with Crippen LogP contribution >= 0.6 is 11.6 Å². The summed E-state index contributed by atoms with van der Waals surface area (Å²) in [5.74, 6) is 2.34. The zero-order valence-electron chi connectivity index (χ0n) is 11.3. The van der Waals surface area contributed by atoms with E-state index in [2.05, 4.69) is 25.4 Å². The summed E-state index contributed by atoms with van der Waals surface area (Å²) in [4.78, 5) is 12.8. The van der Waals surface area contributed by atoms with Gasteiger partial charge in [0.15, 0.2) is 5.82 Å². The first-order valence-electron chi connectivity index (χ1n) is 6.21. The Labute approximate surface area is 117 Å². The van der Waals surface area contributed by atoms with Crippen LogP contribution in [-0.2, 0) is 19.9 Å². The van der Waals surface area contributed by atoms with Crippen molar-refractivity contribution in [3.05, 3.63) is 28.7 Å². The third-order valence-corrected chi connectivity index (χ3v) is 3.11. The van der Waals surface area contributed by atoms with Crippen molar-refractivity contribution in [3.8, 4) is 0 Å². The first-order chi connectivity index (χ1) is 9.10. The highest BCUT2D eigenvalue weighted by Crippen LogP contribution is 2.19. The first-order valence-corrected chi connectivity index (χ1v) is 6.59. The van der Waals surface area contributed by atoms with E-state index < -0.39 is 0 Å². The maximum atomic E-state index is 6.08. The van der Waals surface area contributed by atoms with E-state index in [4.69, 9.17) is 11.6 Å². The van der Waals surface area contributed by atoms with E-state index in [1.807, 2.05) is 20.9 Å². The fourth-order valence-corrected chi connectivity index (χ4v) is 1.84. The predicted octanol–water partition coefficient (Wildman–Crippen LogP) is 1.78. The molecule has 7 heteroatoms. The van der Waals surface area contributed by atoms with Crippen LogP contribution in [0.2, 0.25) is 5.15 Å². The number of aryl methyl sites for hydroxylation is 2. The molecule has 0 atom stereocenters. The number of nitrogens with zero attached hydrogens (tertiary/aromatic N) is 5. The Morgan fingerprint density at radius 2 is 2.11 bits per heavy atom. The molecule has 2 heterocycles. The fraction of sp³-hybridized carbons (Fsp3) is 0.500. The highest BCUT2D eigenvalue weighted by atomic mass is 35.5. The van der Waals surface area contributed by atoms with Crippen molar-refractivity contribution >= 4 is 17.4 Å². The summed E-state index contributed by atoms with van der Waals surface area (Å²) in [5.41, 5.74) is 0.868. The molecule has 1 N–H and O–H groups in total. The van der Waals surface area contributed by atoms with Crippen LogP contribution in [0.15, 0.2) is 6.33 Å². The van der Waals surface area contributed by atoms with Gasteiger partial charge in [0, 0.05) is 32.0 Å². The Morgan fingerprint density at radius 3 is 2.74 bits per heavy atom. The summed E-state index contributed by atoms with van der Waals surface area (Å²) >= 11 is 6.08. The van der Waals surface area contributed by atoms with E-state index in [-0.39, 0.29) is 0 Å². The molecule has 0 aliphatic rings. The molecular weight excluding hydrogens is 264 g/mol. The van der Waals surface area contributed by atoms with E-state index in [0.29, 0.717) is 11.7 Å². The average Bonchev–Trinajstić information content (AvgIpc) is 2.80. The summed E-state index contributed by atoms with van der Waals surface area (Å²) in [6.07, 6.45) is 3.19. The van der Waals surface area contributed by atoms with Gasteiger partial charge >= 0.3 is 0 Å². The van der Waals surface area contributed by atoms with Crippen LogP contribution < -0.4 is 5.32 Å². The van der Waals surface area contributed by atoms with Gasteiger partial charge in [-0.1, -0.05) is 18.5 Å². The lowest BCUT2D eigenvalue weighted by Gasteiger charge is -2.10. The lowest BCUT2D eigenvalue weighted by Crippen LogP contribution is -2.11. The zero-order valence-corrected chi connectivity index (χ0v) is 12.1. The number of hydrogen-bond acceptors (Lipinski definition) is 5. The fourth-order valence-electron chi connectivity index (χ4n) is 1.65. The molecule has 19 heavy (non-hydrogen) atoms. The van der Waals surface area contributed by atoms with Crippen molar-refractivity contribution in [2.75, 3.05) is 11.9 Å². The van der Waals surface area contributed by atoms with Crippen LogP contribution in [0.25, 0.3) is 0 Å². The smallest absolute Gasteiger partial charge is 0.152 e. The maximum Gasteiger partial charge on any atom is 0.152 e. The van der Waals surface area contributed by atoms with Crippen molar-refractivity contribution in [1.29, 1.82) is 0 Å². The average molecular weight is 281 g/mol. The number of hydrogen-bond donors (Lipinski definition) is 1. The third-order valence-electron chi connectivity index (χ3n) is 2.74. The minimum absolute atomic E-state index is 0.505. The van der Waals surface area contributed by atoms with Gasteiger partial charge in [-0.05, 0) is 6.92 Å². The second kappa shape index (κ2) is 5.97. The van der Waals surface area contributed by atoms with Crippen molar-refractivity contribution < 1.29 is 0 Å². The van der Waals surface area contributed by atoms with Gasteiger partial charge < -0.3 is 5.32 Å². The van der Waals surface area contributed by atoms with Gasteiger partial charge in [0.2, 0.25) is 0 Å². The van der Waals surface area contributed by atoms with Crippen LogP contribution in [0.3, 0.4) is 0 Å². The molecule has 102 valence electrons. The third kappa shape index (κ3) is 3.41. The second-order valence-electron chi connectivity index (χ2n) is 4.27. The normalized spacial score (nSPS) is 10.7. The highest BCUT2D eigenvalue weighted by molar-refractivity contribution is 6.30. The van der Waals surface area contributed by atoms with E-state index in [1.165, 1.54) is 0 Å². The van der Waals surface area contributed by atoms with E-state index in [1.54, 1.807) is 11.0 Å². The van der Waals surface area contributed by atoms with E-state index in [0.717, 1.165) is 35.9 Å². The second-order valence-corrected chi connectivity index (χ2v) is 4.63. The molecule has 0 aromatic carbocycles. The maximum absolute atomic E-state index is 6.08. The molecule has 0 amide bonds. The minimum atomic E-state index is 0.505. The number of aromatic nitrogens is 5. The highest BCUT2D eigenvalue weighted by Gasteiger charge is 2.08. The number of anilines is 1. The standard InChI is InChI=1S/C12H17ClN6/c1-4-9-16-11(13)8(2)12(17-9)14-6-5-10-15-7-19(3)18-10/h7H,4-6H2,1-3H3,(H,14,16,17). The molecule has 0 fully saturated rings. The van der Waals surface area contributed by atoms with Crippen molar-refractivity contribution in [1.82, 2.24) is 24.7 Å². The summed E-state index contributed by atoms with van der Waals surface area (Å²) in [5, 5.41) is 7.99. The van der Waals surface area contributed by atoms with Gasteiger partial charge in [0.1, 0.15) is 23.1 Å². The van der Waals surface area contributed by atoms with Crippen LogP contribution in [-0.4, -0.2) is 31.3 Å². The molecule has 0 aliphatic heterocycles.